The molecule has 8 heteroatoms. The SMILES string of the molecule is Nc1cc2c(cc1S(=O)(=O)O)C(=O)NC2=O. The fourth-order valence-corrected chi connectivity index (χ4v) is 2.06. The van der Waals surface area contributed by atoms with Crippen LogP contribution in [0.2, 0.25) is 0 Å². The van der Waals surface area contributed by atoms with Crippen molar-refractivity contribution in [2.24, 2.45) is 0 Å². The number of amides is 2. The van der Waals surface area contributed by atoms with E-state index in [0.29, 0.717) is 0 Å². The molecule has 0 unspecified atom stereocenters. The van der Waals surface area contributed by atoms with Crippen molar-refractivity contribution in [2.75, 3.05) is 5.73 Å². The van der Waals surface area contributed by atoms with Gasteiger partial charge in [0.05, 0.1) is 16.8 Å². The van der Waals surface area contributed by atoms with Gasteiger partial charge in [0, 0.05) is 0 Å². The smallest absolute Gasteiger partial charge is 0.296 e. The van der Waals surface area contributed by atoms with Crippen molar-refractivity contribution in [3.63, 3.8) is 0 Å². The summed E-state index contributed by atoms with van der Waals surface area (Å²) < 4.78 is 30.6. The van der Waals surface area contributed by atoms with Gasteiger partial charge in [0.25, 0.3) is 21.9 Å². The third kappa shape index (κ3) is 1.44. The molecule has 84 valence electrons. The topological polar surface area (TPSA) is 127 Å². The largest absolute Gasteiger partial charge is 0.398 e. The Labute approximate surface area is 90.0 Å². The third-order valence-electron chi connectivity index (χ3n) is 2.14. The summed E-state index contributed by atoms with van der Waals surface area (Å²) in [5.74, 6) is -1.36. The van der Waals surface area contributed by atoms with Crippen LogP contribution in [-0.4, -0.2) is 24.8 Å². The number of nitrogens with one attached hydrogen (secondary N) is 1. The quantitative estimate of drug-likeness (QED) is 0.343. The predicted octanol–water partition coefficient (Wildman–Crippen LogP) is -0.601. The van der Waals surface area contributed by atoms with Crippen molar-refractivity contribution in [3.8, 4) is 0 Å². The Morgan fingerprint density at radius 2 is 1.62 bits per heavy atom. The average molecular weight is 242 g/mol. The Kier molecular flexibility index (Phi) is 2.00. The van der Waals surface area contributed by atoms with E-state index in [1.54, 1.807) is 0 Å². The van der Waals surface area contributed by atoms with Crippen LogP contribution in [0.4, 0.5) is 5.69 Å². The highest BCUT2D eigenvalue weighted by atomic mass is 32.2. The van der Waals surface area contributed by atoms with Crippen molar-refractivity contribution < 1.29 is 22.6 Å². The molecule has 2 rings (SSSR count). The van der Waals surface area contributed by atoms with Gasteiger partial charge in [0.15, 0.2) is 0 Å². The van der Waals surface area contributed by atoms with Crippen LogP contribution >= 0.6 is 0 Å². The fourth-order valence-electron chi connectivity index (χ4n) is 1.43. The van der Waals surface area contributed by atoms with Gasteiger partial charge in [-0.1, -0.05) is 0 Å². The monoisotopic (exact) mass is 242 g/mol. The molecule has 0 spiro atoms. The average Bonchev–Trinajstić information content (AvgIpc) is 2.39. The summed E-state index contributed by atoms with van der Waals surface area (Å²) in [5, 5.41) is 1.98. The number of carbonyl (C=O) groups excluding carboxylic acids is 2. The zero-order valence-corrected chi connectivity index (χ0v) is 8.54. The molecule has 0 radical (unpaired) electrons. The number of anilines is 1. The van der Waals surface area contributed by atoms with Gasteiger partial charge in [-0.15, -0.1) is 0 Å². The summed E-state index contributed by atoms with van der Waals surface area (Å²) >= 11 is 0. The number of rotatable bonds is 1. The molecule has 0 saturated heterocycles. The predicted molar refractivity (Wildman–Crippen MR) is 52.5 cm³/mol. The van der Waals surface area contributed by atoms with Gasteiger partial charge < -0.3 is 5.73 Å². The summed E-state index contributed by atoms with van der Waals surface area (Å²) in [5.41, 5.74) is 4.95. The first-order chi connectivity index (χ1) is 7.30. The molecule has 0 aliphatic carbocycles. The fraction of sp³-hybridized carbons (Fsp3) is 0. The summed E-state index contributed by atoms with van der Waals surface area (Å²) in [7, 11) is -4.51. The van der Waals surface area contributed by atoms with Crippen molar-refractivity contribution in [3.05, 3.63) is 23.3 Å². The zero-order valence-electron chi connectivity index (χ0n) is 7.72. The van der Waals surface area contributed by atoms with Gasteiger partial charge in [-0.05, 0) is 12.1 Å². The molecule has 16 heavy (non-hydrogen) atoms. The zero-order chi connectivity index (χ0) is 12.1. The molecule has 1 aliphatic heterocycles. The maximum absolute atomic E-state index is 11.2. The van der Waals surface area contributed by atoms with Crippen LogP contribution in [0.5, 0.6) is 0 Å². The second-order valence-corrected chi connectivity index (χ2v) is 4.58. The number of fused-ring (bicyclic) bond motifs is 1. The van der Waals surface area contributed by atoms with Gasteiger partial charge in [0.1, 0.15) is 4.90 Å². The first-order valence-corrected chi connectivity index (χ1v) is 5.51. The van der Waals surface area contributed by atoms with E-state index < -0.39 is 26.8 Å². The van der Waals surface area contributed by atoms with E-state index in [2.05, 4.69) is 0 Å². The molecule has 2 amide bonds. The molecular weight excluding hydrogens is 236 g/mol. The van der Waals surface area contributed by atoms with Crippen LogP contribution in [0, 0.1) is 0 Å². The van der Waals surface area contributed by atoms with Crippen molar-refractivity contribution in [1.29, 1.82) is 0 Å². The van der Waals surface area contributed by atoms with Crippen LogP contribution in [0.1, 0.15) is 20.7 Å². The Hall–Kier alpha value is -1.93. The first kappa shape index (κ1) is 10.6. The second-order valence-electron chi connectivity index (χ2n) is 3.19. The second kappa shape index (κ2) is 3.03. The molecule has 4 N–H and O–H groups in total. The van der Waals surface area contributed by atoms with Crippen LogP contribution in [-0.2, 0) is 10.1 Å². The highest BCUT2D eigenvalue weighted by Gasteiger charge is 2.30. The van der Waals surface area contributed by atoms with Gasteiger partial charge in [-0.25, -0.2) is 0 Å². The van der Waals surface area contributed by atoms with Crippen molar-refractivity contribution in [1.82, 2.24) is 5.32 Å². The number of nitrogen functional groups attached to an aromatic ring is 1. The first-order valence-electron chi connectivity index (χ1n) is 4.07. The lowest BCUT2D eigenvalue weighted by Gasteiger charge is -2.03. The Balaban J connectivity index is 2.77. The highest BCUT2D eigenvalue weighted by molar-refractivity contribution is 7.86. The van der Waals surface area contributed by atoms with E-state index in [1.807, 2.05) is 5.32 Å². The molecule has 0 aromatic heterocycles. The minimum Gasteiger partial charge on any atom is -0.398 e. The number of imide groups is 1. The Morgan fingerprint density at radius 3 is 2.12 bits per heavy atom. The summed E-state index contributed by atoms with van der Waals surface area (Å²) in [6.45, 7) is 0. The molecule has 0 saturated carbocycles. The van der Waals surface area contributed by atoms with Crippen LogP contribution < -0.4 is 11.1 Å². The highest BCUT2D eigenvalue weighted by Crippen LogP contribution is 2.25. The Morgan fingerprint density at radius 1 is 1.12 bits per heavy atom. The number of hydrogen-bond donors (Lipinski definition) is 3. The van der Waals surface area contributed by atoms with Gasteiger partial charge in [-0.2, -0.15) is 8.42 Å². The van der Waals surface area contributed by atoms with Crippen LogP contribution in [0.15, 0.2) is 17.0 Å². The van der Waals surface area contributed by atoms with E-state index in [4.69, 9.17) is 10.3 Å². The van der Waals surface area contributed by atoms with Gasteiger partial charge in [-0.3, -0.25) is 19.5 Å². The molecule has 1 aromatic rings. The normalized spacial score (nSPS) is 14.8. The van der Waals surface area contributed by atoms with E-state index in [1.165, 1.54) is 0 Å². The molecule has 0 bridgehead atoms. The molecular formula is C8H6N2O5S. The van der Waals surface area contributed by atoms with Crippen LogP contribution in [0.3, 0.4) is 0 Å². The van der Waals surface area contributed by atoms with Crippen LogP contribution in [0.25, 0.3) is 0 Å². The van der Waals surface area contributed by atoms with Gasteiger partial charge in [0.2, 0.25) is 0 Å². The van der Waals surface area contributed by atoms with E-state index >= 15 is 0 Å². The minimum absolute atomic E-state index is 0.00472. The number of nitrogens with two attached hydrogens (primary N) is 1. The number of benzene rings is 1. The molecule has 0 fully saturated rings. The summed E-state index contributed by atoms with van der Waals surface area (Å²) in [6.07, 6.45) is 0. The number of hydrogen-bond acceptors (Lipinski definition) is 5. The standard InChI is InChI=1S/C8H6N2O5S/c9-5-1-3-4(8(12)10-7(3)11)2-6(5)16(13,14)15/h1-2H,9H2,(H,10,11,12)(H,13,14,15). The lowest BCUT2D eigenvalue weighted by Crippen LogP contribution is -2.19. The molecule has 1 aromatic carbocycles. The summed E-state index contributed by atoms with van der Waals surface area (Å²) in [6, 6.07) is 1.92. The molecule has 0 atom stereocenters. The molecule has 1 aliphatic rings. The van der Waals surface area contributed by atoms with Gasteiger partial charge >= 0.3 is 0 Å². The van der Waals surface area contributed by atoms with E-state index in [0.717, 1.165) is 12.1 Å². The number of carbonyl (C=O) groups is 2. The summed E-state index contributed by atoms with van der Waals surface area (Å²) in [4.78, 5) is 21.8. The maximum atomic E-state index is 11.2. The van der Waals surface area contributed by atoms with Crippen molar-refractivity contribution >= 4 is 27.6 Å². The Bertz CT molecular complexity index is 620. The van der Waals surface area contributed by atoms with E-state index in [9.17, 15) is 18.0 Å². The van der Waals surface area contributed by atoms with E-state index in [-0.39, 0.29) is 16.8 Å². The minimum atomic E-state index is -4.51. The lowest BCUT2D eigenvalue weighted by molar-refractivity contribution is 0.0879. The third-order valence-corrected chi connectivity index (χ3v) is 3.05. The lowest BCUT2D eigenvalue weighted by atomic mass is 10.1. The van der Waals surface area contributed by atoms with Crippen molar-refractivity contribution in [2.45, 2.75) is 4.90 Å². The maximum Gasteiger partial charge on any atom is 0.296 e. The molecule has 1 heterocycles. The molecule has 7 nitrogen and oxygen atoms in total.